The molecule has 2 aromatic rings. The standard InChI is InChI=1S/C23H29FN2O3/c1-14(2)18-7-6-8-19(15(3)4)21(18)26-23(28)25-20(22(27)29-5)13-16-9-11-17(24)12-10-16/h6-12,14-15,20H,13H2,1-5H3,(H2,25,26,28). The molecule has 0 heterocycles. The number of anilines is 1. The molecule has 2 aromatic carbocycles. The third kappa shape index (κ3) is 6.04. The lowest BCUT2D eigenvalue weighted by Crippen LogP contribution is -2.45. The molecule has 0 saturated heterocycles. The van der Waals surface area contributed by atoms with Crippen molar-refractivity contribution < 1.29 is 18.7 Å². The van der Waals surface area contributed by atoms with E-state index in [1.54, 1.807) is 12.1 Å². The number of methoxy groups -OCH3 is 1. The molecule has 0 aromatic heterocycles. The van der Waals surface area contributed by atoms with Gasteiger partial charge in [-0.3, -0.25) is 0 Å². The van der Waals surface area contributed by atoms with Crippen LogP contribution in [-0.4, -0.2) is 25.2 Å². The van der Waals surface area contributed by atoms with Gasteiger partial charge in [-0.1, -0.05) is 58.0 Å². The predicted octanol–water partition coefficient (Wildman–Crippen LogP) is 4.98. The molecule has 1 atom stereocenters. The van der Waals surface area contributed by atoms with E-state index in [1.165, 1.54) is 19.2 Å². The van der Waals surface area contributed by atoms with Crippen molar-refractivity contribution in [2.24, 2.45) is 0 Å². The molecule has 0 aliphatic rings. The fraction of sp³-hybridized carbons (Fsp3) is 0.391. The Morgan fingerprint density at radius 1 is 0.966 bits per heavy atom. The normalized spacial score (nSPS) is 12.0. The van der Waals surface area contributed by atoms with E-state index in [4.69, 9.17) is 4.74 Å². The lowest BCUT2D eigenvalue weighted by molar-refractivity contribution is -0.142. The highest BCUT2D eigenvalue weighted by Crippen LogP contribution is 2.32. The van der Waals surface area contributed by atoms with Gasteiger partial charge >= 0.3 is 12.0 Å². The lowest BCUT2D eigenvalue weighted by atomic mass is 9.93. The van der Waals surface area contributed by atoms with Gasteiger partial charge in [0.1, 0.15) is 11.9 Å². The highest BCUT2D eigenvalue weighted by Gasteiger charge is 2.23. The van der Waals surface area contributed by atoms with Crippen molar-refractivity contribution >= 4 is 17.7 Å². The molecule has 0 bridgehead atoms. The summed E-state index contributed by atoms with van der Waals surface area (Å²) < 4.78 is 18.0. The van der Waals surface area contributed by atoms with Gasteiger partial charge in [-0.2, -0.15) is 0 Å². The smallest absolute Gasteiger partial charge is 0.328 e. The number of nitrogens with one attached hydrogen (secondary N) is 2. The van der Waals surface area contributed by atoms with E-state index in [1.807, 2.05) is 18.2 Å². The number of benzene rings is 2. The molecule has 0 spiro atoms. The molecule has 0 fully saturated rings. The van der Waals surface area contributed by atoms with E-state index in [-0.39, 0.29) is 24.1 Å². The van der Waals surface area contributed by atoms with Crippen LogP contribution in [0.15, 0.2) is 42.5 Å². The average Bonchev–Trinajstić information content (AvgIpc) is 2.68. The van der Waals surface area contributed by atoms with Crippen LogP contribution in [0.4, 0.5) is 14.9 Å². The van der Waals surface area contributed by atoms with Gasteiger partial charge in [0.05, 0.1) is 7.11 Å². The molecule has 0 saturated carbocycles. The van der Waals surface area contributed by atoms with Crippen molar-refractivity contribution in [1.29, 1.82) is 0 Å². The second-order valence-electron chi connectivity index (χ2n) is 7.63. The summed E-state index contributed by atoms with van der Waals surface area (Å²) in [6, 6.07) is 10.4. The van der Waals surface area contributed by atoms with Crippen LogP contribution in [0.25, 0.3) is 0 Å². The molecule has 2 N–H and O–H groups in total. The Bertz CT molecular complexity index is 821. The number of halogens is 1. The fourth-order valence-electron chi connectivity index (χ4n) is 3.19. The minimum absolute atomic E-state index is 0.198. The number of hydrogen-bond acceptors (Lipinski definition) is 3. The fourth-order valence-corrected chi connectivity index (χ4v) is 3.19. The molecule has 5 nitrogen and oxygen atoms in total. The average molecular weight is 400 g/mol. The number of amides is 2. The van der Waals surface area contributed by atoms with Crippen LogP contribution in [0.5, 0.6) is 0 Å². The van der Waals surface area contributed by atoms with Gasteiger partial charge in [0.2, 0.25) is 0 Å². The van der Waals surface area contributed by atoms with E-state index >= 15 is 0 Å². The zero-order valence-electron chi connectivity index (χ0n) is 17.6. The van der Waals surface area contributed by atoms with Gasteiger partial charge in [-0.25, -0.2) is 14.0 Å². The molecule has 156 valence electrons. The van der Waals surface area contributed by atoms with Gasteiger partial charge in [0.25, 0.3) is 0 Å². The number of hydrogen-bond donors (Lipinski definition) is 2. The first kappa shape index (κ1) is 22.4. The van der Waals surface area contributed by atoms with Gasteiger partial charge < -0.3 is 15.4 Å². The largest absolute Gasteiger partial charge is 0.467 e. The Balaban J connectivity index is 2.22. The molecular formula is C23H29FN2O3. The number of urea groups is 1. The highest BCUT2D eigenvalue weighted by atomic mass is 19.1. The first-order valence-electron chi connectivity index (χ1n) is 9.75. The predicted molar refractivity (Wildman–Crippen MR) is 113 cm³/mol. The van der Waals surface area contributed by atoms with Crippen LogP contribution >= 0.6 is 0 Å². The molecule has 2 amide bonds. The first-order chi connectivity index (χ1) is 13.7. The van der Waals surface area contributed by atoms with Crippen LogP contribution in [0.2, 0.25) is 0 Å². The summed E-state index contributed by atoms with van der Waals surface area (Å²) in [7, 11) is 1.27. The molecule has 0 aliphatic carbocycles. The highest BCUT2D eigenvalue weighted by molar-refractivity contribution is 5.94. The Hall–Kier alpha value is -2.89. The van der Waals surface area contributed by atoms with E-state index < -0.39 is 18.0 Å². The summed E-state index contributed by atoms with van der Waals surface area (Å²) in [5.74, 6) is -0.481. The number of ether oxygens (including phenoxy) is 1. The van der Waals surface area contributed by atoms with E-state index in [2.05, 4.69) is 38.3 Å². The van der Waals surface area contributed by atoms with E-state index in [0.29, 0.717) is 5.56 Å². The zero-order chi connectivity index (χ0) is 21.6. The summed E-state index contributed by atoms with van der Waals surface area (Å²) in [6.45, 7) is 8.26. The second-order valence-corrected chi connectivity index (χ2v) is 7.63. The third-order valence-corrected chi connectivity index (χ3v) is 4.76. The molecule has 29 heavy (non-hydrogen) atoms. The first-order valence-corrected chi connectivity index (χ1v) is 9.75. The van der Waals surface area contributed by atoms with E-state index in [0.717, 1.165) is 16.8 Å². The number of para-hydroxylation sites is 1. The second kappa shape index (κ2) is 10.0. The van der Waals surface area contributed by atoms with Crippen molar-refractivity contribution in [2.45, 2.75) is 52.0 Å². The topological polar surface area (TPSA) is 67.4 Å². The van der Waals surface area contributed by atoms with Crippen LogP contribution in [0, 0.1) is 5.82 Å². The van der Waals surface area contributed by atoms with Gasteiger partial charge in [0.15, 0.2) is 0 Å². The SMILES string of the molecule is COC(=O)C(Cc1ccc(F)cc1)NC(=O)Nc1c(C(C)C)cccc1C(C)C. The number of carbonyl (C=O) groups is 2. The minimum atomic E-state index is -0.890. The third-order valence-electron chi connectivity index (χ3n) is 4.76. The number of rotatable bonds is 7. The monoisotopic (exact) mass is 400 g/mol. The van der Waals surface area contributed by atoms with Crippen LogP contribution in [0.1, 0.15) is 56.2 Å². The van der Waals surface area contributed by atoms with Gasteiger partial charge in [0, 0.05) is 12.1 Å². The van der Waals surface area contributed by atoms with Crippen LogP contribution in [-0.2, 0) is 16.0 Å². The zero-order valence-corrected chi connectivity index (χ0v) is 17.6. The van der Waals surface area contributed by atoms with Crippen LogP contribution in [0.3, 0.4) is 0 Å². The van der Waals surface area contributed by atoms with Crippen molar-refractivity contribution in [3.8, 4) is 0 Å². The van der Waals surface area contributed by atoms with Crippen LogP contribution < -0.4 is 10.6 Å². The molecule has 1 unspecified atom stereocenters. The number of carbonyl (C=O) groups excluding carboxylic acids is 2. The lowest BCUT2D eigenvalue weighted by Gasteiger charge is -2.22. The Morgan fingerprint density at radius 3 is 2.00 bits per heavy atom. The Kier molecular flexibility index (Phi) is 7.76. The summed E-state index contributed by atoms with van der Waals surface area (Å²) in [6.07, 6.45) is 0.198. The summed E-state index contributed by atoms with van der Waals surface area (Å²) in [5, 5.41) is 5.62. The summed E-state index contributed by atoms with van der Waals surface area (Å²) >= 11 is 0. The maximum atomic E-state index is 13.1. The van der Waals surface area contributed by atoms with Gasteiger partial charge in [-0.05, 0) is 40.7 Å². The van der Waals surface area contributed by atoms with Crippen molar-refractivity contribution in [3.63, 3.8) is 0 Å². The van der Waals surface area contributed by atoms with Gasteiger partial charge in [-0.15, -0.1) is 0 Å². The maximum Gasteiger partial charge on any atom is 0.328 e. The Labute approximate surface area is 171 Å². The van der Waals surface area contributed by atoms with E-state index in [9.17, 15) is 14.0 Å². The summed E-state index contributed by atoms with van der Waals surface area (Å²) in [4.78, 5) is 24.9. The van der Waals surface area contributed by atoms with Crippen molar-refractivity contribution in [1.82, 2.24) is 5.32 Å². The van der Waals surface area contributed by atoms with Crippen molar-refractivity contribution in [3.05, 3.63) is 65.0 Å². The summed E-state index contributed by atoms with van der Waals surface area (Å²) in [5.41, 5.74) is 3.53. The van der Waals surface area contributed by atoms with Crippen molar-refractivity contribution in [2.75, 3.05) is 12.4 Å². The Morgan fingerprint density at radius 2 is 1.52 bits per heavy atom. The molecule has 0 aliphatic heterocycles. The molecular weight excluding hydrogens is 371 g/mol. The quantitative estimate of drug-likeness (QED) is 0.644. The minimum Gasteiger partial charge on any atom is -0.467 e. The number of esters is 1. The molecule has 0 radical (unpaired) electrons. The maximum absolute atomic E-state index is 13.1. The molecule has 2 rings (SSSR count). The molecule has 6 heteroatoms.